The normalized spacial score (nSPS) is 19.7. The van der Waals surface area contributed by atoms with Gasteiger partial charge in [-0.2, -0.15) is 5.10 Å². The highest BCUT2D eigenvalue weighted by Crippen LogP contribution is 2.26. The van der Waals surface area contributed by atoms with Crippen LogP contribution >= 0.6 is 0 Å². The minimum Gasteiger partial charge on any atom is -0.297 e. The van der Waals surface area contributed by atoms with Crippen molar-refractivity contribution in [3.8, 4) is 0 Å². The number of likely N-dealkylation sites (tertiary alicyclic amines) is 1. The van der Waals surface area contributed by atoms with Gasteiger partial charge in [-0.25, -0.2) is 9.67 Å². The molecular weight excluding hydrogens is 264 g/mol. The van der Waals surface area contributed by atoms with E-state index in [1.54, 1.807) is 6.33 Å². The summed E-state index contributed by atoms with van der Waals surface area (Å²) in [6, 6.07) is 0.234. The van der Waals surface area contributed by atoms with Gasteiger partial charge >= 0.3 is 0 Å². The minimum atomic E-state index is -0.367. The van der Waals surface area contributed by atoms with Crippen LogP contribution in [-0.4, -0.2) is 44.1 Å². The highest BCUT2D eigenvalue weighted by molar-refractivity contribution is 5.89. The summed E-state index contributed by atoms with van der Waals surface area (Å²) in [5, 5.41) is 4.23. The highest BCUT2D eigenvalue weighted by atomic mass is 16.1. The van der Waals surface area contributed by atoms with Gasteiger partial charge in [0, 0.05) is 6.04 Å². The van der Waals surface area contributed by atoms with Crippen molar-refractivity contribution in [2.75, 3.05) is 13.1 Å². The number of ketones is 1. The van der Waals surface area contributed by atoms with Crippen molar-refractivity contribution in [3.63, 3.8) is 0 Å². The Labute approximate surface area is 127 Å². The van der Waals surface area contributed by atoms with Crippen molar-refractivity contribution in [2.45, 2.75) is 71.4 Å². The zero-order chi connectivity index (χ0) is 15.5. The quantitative estimate of drug-likeness (QED) is 0.809. The maximum atomic E-state index is 12.9. The Bertz CT molecular complexity index is 476. The fraction of sp³-hybridized carbons (Fsp3) is 0.812. The Balaban J connectivity index is 2.14. The summed E-state index contributed by atoms with van der Waals surface area (Å²) in [5.74, 6) is 1.05. The van der Waals surface area contributed by atoms with E-state index in [9.17, 15) is 4.79 Å². The molecule has 1 aliphatic heterocycles. The molecule has 1 aromatic rings. The fourth-order valence-corrected chi connectivity index (χ4v) is 3.15. The first kappa shape index (κ1) is 16.1. The maximum Gasteiger partial charge on any atom is 0.160 e. The second kappa shape index (κ2) is 6.69. The summed E-state index contributed by atoms with van der Waals surface area (Å²) >= 11 is 0. The van der Waals surface area contributed by atoms with Gasteiger partial charge in [-0.15, -0.1) is 0 Å². The van der Waals surface area contributed by atoms with Crippen molar-refractivity contribution in [3.05, 3.63) is 12.2 Å². The van der Waals surface area contributed by atoms with Crippen LogP contribution < -0.4 is 0 Å². The number of carbonyl (C=O) groups excluding carboxylic acids is 1. The van der Waals surface area contributed by atoms with Crippen LogP contribution in [0, 0.1) is 0 Å². The Hall–Kier alpha value is -1.23. The van der Waals surface area contributed by atoms with Gasteiger partial charge < -0.3 is 0 Å². The lowest BCUT2D eigenvalue weighted by Gasteiger charge is -2.41. The predicted octanol–water partition coefficient (Wildman–Crippen LogP) is 2.63. The van der Waals surface area contributed by atoms with E-state index in [0.29, 0.717) is 6.42 Å². The highest BCUT2D eigenvalue weighted by Gasteiger charge is 2.38. The van der Waals surface area contributed by atoms with Crippen LogP contribution in [0.2, 0.25) is 0 Å². The molecule has 21 heavy (non-hydrogen) atoms. The summed E-state index contributed by atoms with van der Waals surface area (Å²) in [7, 11) is 0. The first-order valence-electron chi connectivity index (χ1n) is 8.15. The van der Waals surface area contributed by atoms with E-state index in [1.165, 1.54) is 19.3 Å². The lowest BCUT2D eigenvalue weighted by atomic mass is 9.87. The van der Waals surface area contributed by atoms with E-state index in [2.05, 4.69) is 42.7 Å². The predicted molar refractivity (Wildman–Crippen MR) is 83.2 cm³/mol. The van der Waals surface area contributed by atoms with Crippen LogP contribution in [0.5, 0.6) is 0 Å². The molecule has 0 spiro atoms. The van der Waals surface area contributed by atoms with Crippen LogP contribution in [0.25, 0.3) is 0 Å². The molecule has 0 bridgehead atoms. The van der Waals surface area contributed by atoms with Crippen molar-refractivity contribution in [1.29, 1.82) is 0 Å². The van der Waals surface area contributed by atoms with Gasteiger partial charge in [0.1, 0.15) is 12.2 Å². The number of hydrogen-bond donors (Lipinski definition) is 0. The summed E-state index contributed by atoms with van der Waals surface area (Å²) in [6.45, 7) is 10.4. The Morgan fingerprint density at radius 3 is 2.57 bits per heavy atom. The third kappa shape index (κ3) is 3.34. The van der Waals surface area contributed by atoms with Crippen molar-refractivity contribution >= 4 is 5.78 Å². The number of carbonyl (C=O) groups is 1. The summed E-state index contributed by atoms with van der Waals surface area (Å²) in [6.07, 6.45) is 6.45. The van der Waals surface area contributed by atoms with E-state index in [-0.39, 0.29) is 17.4 Å². The molecule has 1 aromatic heterocycles. The second-order valence-electron chi connectivity index (χ2n) is 6.49. The van der Waals surface area contributed by atoms with E-state index >= 15 is 0 Å². The zero-order valence-corrected chi connectivity index (χ0v) is 13.8. The van der Waals surface area contributed by atoms with Crippen molar-refractivity contribution < 1.29 is 4.79 Å². The van der Waals surface area contributed by atoms with Gasteiger partial charge in [0.25, 0.3) is 0 Å². The minimum absolute atomic E-state index is 0.234. The lowest BCUT2D eigenvalue weighted by Crippen LogP contribution is -2.54. The van der Waals surface area contributed by atoms with Crippen LogP contribution in [0.4, 0.5) is 0 Å². The smallest absolute Gasteiger partial charge is 0.160 e. The van der Waals surface area contributed by atoms with Gasteiger partial charge in [-0.1, -0.05) is 13.3 Å². The van der Waals surface area contributed by atoms with Gasteiger partial charge in [-0.3, -0.25) is 9.69 Å². The number of nitrogens with zero attached hydrogens (tertiary/aromatic N) is 4. The molecule has 1 aliphatic rings. The second-order valence-corrected chi connectivity index (χ2v) is 6.49. The first-order valence-corrected chi connectivity index (χ1v) is 8.15. The van der Waals surface area contributed by atoms with Gasteiger partial charge in [-0.05, 0) is 53.1 Å². The third-order valence-corrected chi connectivity index (χ3v) is 4.80. The molecule has 2 rings (SSSR count). The van der Waals surface area contributed by atoms with Crippen LogP contribution in [-0.2, 0) is 11.2 Å². The molecular formula is C16H28N4O. The largest absolute Gasteiger partial charge is 0.297 e. The van der Waals surface area contributed by atoms with Crippen molar-refractivity contribution in [1.82, 2.24) is 19.7 Å². The monoisotopic (exact) mass is 292 g/mol. The van der Waals surface area contributed by atoms with E-state index in [1.807, 2.05) is 4.68 Å². The molecule has 0 saturated carbocycles. The Kier molecular flexibility index (Phi) is 5.14. The summed E-state index contributed by atoms with van der Waals surface area (Å²) in [4.78, 5) is 19.6. The SMILES string of the molecule is CCC(C)(C(=O)Cc1ncnn1C(C)C)N1CCCCC1. The number of hydrogen-bond acceptors (Lipinski definition) is 4. The maximum absolute atomic E-state index is 12.9. The molecule has 5 heteroatoms. The molecule has 0 aromatic carbocycles. The fourth-order valence-electron chi connectivity index (χ4n) is 3.15. The number of piperidine rings is 1. The van der Waals surface area contributed by atoms with Crippen LogP contribution in [0.3, 0.4) is 0 Å². The van der Waals surface area contributed by atoms with E-state index < -0.39 is 0 Å². The molecule has 118 valence electrons. The molecule has 0 radical (unpaired) electrons. The average Bonchev–Trinajstić information content (AvgIpc) is 2.95. The molecule has 1 saturated heterocycles. The van der Waals surface area contributed by atoms with Gasteiger partial charge in [0.05, 0.1) is 12.0 Å². The molecule has 2 heterocycles. The Morgan fingerprint density at radius 1 is 1.33 bits per heavy atom. The van der Waals surface area contributed by atoms with Crippen molar-refractivity contribution in [2.24, 2.45) is 0 Å². The first-order chi connectivity index (χ1) is 9.99. The molecule has 1 fully saturated rings. The topological polar surface area (TPSA) is 51.0 Å². The molecule has 0 aliphatic carbocycles. The molecule has 0 N–H and O–H groups in total. The Morgan fingerprint density at radius 2 is 2.00 bits per heavy atom. The molecule has 1 unspecified atom stereocenters. The summed E-state index contributed by atoms with van der Waals surface area (Å²) in [5.41, 5.74) is -0.367. The van der Waals surface area contributed by atoms with Gasteiger partial charge in [0.15, 0.2) is 5.78 Å². The number of Topliss-reactive ketones (excluding diaryl/α,β-unsaturated/α-hetero) is 1. The van der Waals surface area contributed by atoms with Crippen LogP contribution in [0.15, 0.2) is 6.33 Å². The number of rotatable bonds is 6. The lowest BCUT2D eigenvalue weighted by molar-refractivity contribution is -0.130. The third-order valence-electron chi connectivity index (χ3n) is 4.80. The molecule has 1 atom stereocenters. The van der Waals surface area contributed by atoms with Crippen LogP contribution in [0.1, 0.15) is 65.2 Å². The van der Waals surface area contributed by atoms with Gasteiger partial charge in [0.2, 0.25) is 0 Å². The standard InChI is InChI=1S/C16H28N4O/c1-5-16(4,19-9-7-6-8-10-19)14(21)11-15-17-12-18-20(15)13(2)3/h12-13H,5-11H2,1-4H3. The van der Waals surface area contributed by atoms with E-state index in [0.717, 1.165) is 25.3 Å². The average molecular weight is 292 g/mol. The zero-order valence-electron chi connectivity index (χ0n) is 13.8. The number of aromatic nitrogens is 3. The molecule has 5 nitrogen and oxygen atoms in total. The molecule has 0 amide bonds. The van der Waals surface area contributed by atoms with E-state index in [4.69, 9.17) is 0 Å². The summed E-state index contributed by atoms with van der Waals surface area (Å²) < 4.78 is 1.85.